The monoisotopic (exact) mass is 213 g/mol. The number of nitrogens with two attached hydrogens (primary N) is 1. The van der Waals surface area contributed by atoms with Gasteiger partial charge in [-0.05, 0) is 18.6 Å². The Kier molecular flexibility index (Phi) is 4.17. The summed E-state index contributed by atoms with van der Waals surface area (Å²) in [5, 5.41) is 0. The zero-order chi connectivity index (χ0) is 11.3. The number of nitrogens with one attached hydrogen (secondary N) is 1. The van der Waals surface area contributed by atoms with Crippen LogP contribution in [0.3, 0.4) is 0 Å². The van der Waals surface area contributed by atoms with Crippen LogP contribution in [0.15, 0.2) is 23.2 Å². The van der Waals surface area contributed by atoms with Crippen molar-refractivity contribution in [3.05, 3.63) is 35.4 Å². The number of amidine groups is 1. The van der Waals surface area contributed by atoms with Crippen molar-refractivity contribution in [1.82, 2.24) is 5.43 Å². The molecule has 15 heavy (non-hydrogen) atoms. The van der Waals surface area contributed by atoms with Gasteiger partial charge in [0.25, 0.3) is 0 Å². The molecule has 0 unspecified atom stereocenters. The Balaban J connectivity index is 3.02. The van der Waals surface area contributed by atoms with E-state index in [1.807, 2.05) is 6.92 Å². The fourth-order valence-corrected chi connectivity index (χ4v) is 1.11. The molecule has 0 saturated carbocycles. The van der Waals surface area contributed by atoms with Gasteiger partial charge in [0.2, 0.25) is 0 Å². The maximum Gasteiger partial charge on any atom is 0.145 e. The number of hydrogen-bond acceptors (Lipinski definition) is 2. The van der Waals surface area contributed by atoms with Crippen molar-refractivity contribution < 1.29 is 8.78 Å². The molecular formula is C10H13F2N3. The third kappa shape index (κ3) is 2.99. The van der Waals surface area contributed by atoms with Crippen molar-refractivity contribution in [3.8, 4) is 0 Å². The molecule has 1 aromatic carbocycles. The first-order valence-electron chi connectivity index (χ1n) is 4.65. The molecule has 0 bridgehead atoms. The summed E-state index contributed by atoms with van der Waals surface area (Å²) in [6.07, 6.45) is 0.827. The van der Waals surface area contributed by atoms with E-state index < -0.39 is 11.6 Å². The minimum Gasteiger partial charge on any atom is -0.308 e. The second-order valence-corrected chi connectivity index (χ2v) is 3.00. The Hall–Kier alpha value is -1.49. The number of rotatable bonds is 3. The van der Waals surface area contributed by atoms with E-state index in [2.05, 4.69) is 10.4 Å². The Labute approximate surface area is 87.0 Å². The smallest absolute Gasteiger partial charge is 0.145 e. The number of benzene rings is 1. The van der Waals surface area contributed by atoms with E-state index in [1.165, 1.54) is 6.07 Å². The quantitative estimate of drug-likeness (QED) is 0.346. The first-order valence-corrected chi connectivity index (χ1v) is 4.65. The normalized spacial score (nSPS) is 11.6. The van der Waals surface area contributed by atoms with Crippen LogP contribution in [0.4, 0.5) is 8.78 Å². The SMILES string of the molecule is CCCN=C(NN)c1ccc(F)cc1F. The second kappa shape index (κ2) is 5.41. The first-order chi connectivity index (χ1) is 7.19. The standard InChI is InChI=1S/C10H13F2N3/c1-2-5-14-10(15-13)8-4-3-7(11)6-9(8)12/h3-4,6H,2,5,13H2,1H3,(H,14,15). The zero-order valence-corrected chi connectivity index (χ0v) is 8.43. The molecule has 0 aliphatic heterocycles. The highest BCUT2D eigenvalue weighted by Gasteiger charge is 2.08. The first kappa shape index (κ1) is 11.6. The molecule has 1 aromatic rings. The van der Waals surface area contributed by atoms with E-state index in [0.29, 0.717) is 6.54 Å². The van der Waals surface area contributed by atoms with Crippen LogP contribution in [0.2, 0.25) is 0 Å². The summed E-state index contributed by atoms with van der Waals surface area (Å²) in [5.41, 5.74) is 2.47. The second-order valence-electron chi connectivity index (χ2n) is 3.00. The van der Waals surface area contributed by atoms with Gasteiger partial charge < -0.3 is 5.43 Å². The summed E-state index contributed by atoms with van der Waals surface area (Å²) in [7, 11) is 0. The Morgan fingerprint density at radius 1 is 1.47 bits per heavy atom. The third-order valence-electron chi connectivity index (χ3n) is 1.82. The predicted octanol–water partition coefficient (Wildman–Crippen LogP) is 1.58. The van der Waals surface area contributed by atoms with Crippen LogP contribution in [-0.2, 0) is 0 Å². The van der Waals surface area contributed by atoms with Gasteiger partial charge in [-0.3, -0.25) is 4.99 Å². The molecule has 0 aliphatic carbocycles. The Morgan fingerprint density at radius 3 is 2.73 bits per heavy atom. The van der Waals surface area contributed by atoms with E-state index in [-0.39, 0.29) is 11.4 Å². The van der Waals surface area contributed by atoms with Crippen molar-refractivity contribution in [2.75, 3.05) is 6.54 Å². The van der Waals surface area contributed by atoms with Gasteiger partial charge in [0.1, 0.15) is 17.5 Å². The van der Waals surface area contributed by atoms with Crippen LogP contribution < -0.4 is 11.3 Å². The van der Waals surface area contributed by atoms with Gasteiger partial charge >= 0.3 is 0 Å². The lowest BCUT2D eigenvalue weighted by Gasteiger charge is -2.06. The molecule has 0 fully saturated rings. The number of nitrogens with zero attached hydrogens (tertiary/aromatic N) is 1. The van der Waals surface area contributed by atoms with Gasteiger partial charge in [0, 0.05) is 12.6 Å². The van der Waals surface area contributed by atoms with E-state index in [0.717, 1.165) is 18.6 Å². The number of aliphatic imine (C=N–C) groups is 1. The molecule has 0 spiro atoms. The summed E-state index contributed by atoms with van der Waals surface area (Å²) in [6, 6.07) is 3.27. The van der Waals surface area contributed by atoms with Gasteiger partial charge in [-0.1, -0.05) is 6.92 Å². The van der Waals surface area contributed by atoms with Crippen molar-refractivity contribution >= 4 is 5.84 Å². The molecule has 3 N–H and O–H groups in total. The van der Waals surface area contributed by atoms with E-state index in [1.54, 1.807) is 0 Å². The summed E-state index contributed by atoms with van der Waals surface area (Å²) in [4.78, 5) is 4.04. The van der Waals surface area contributed by atoms with Crippen molar-refractivity contribution in [1.29, 1.82) is 0 Å². The van der Waals surface area contributed by atoms with Crippen molar-refractivity contribution in [3.63, 3.8) is 0 Å². The molecule has 82 valence electrons. The van der Waals surface area contributed by atoms with Crippen molar-refractivity contribution in [2.45, 2.75) is 13.3 Å². The molecule has 3 nitrogen and oxygen atoms in total. The highest BCUT2D eigenvalue weighted by molar-refractivity contribution is 5.98. The summed E-state index contributed by atoms with van der Waals surface area (Å²) < 4.78 is 25.9. The Morgan fingerprint density at radius 2 is 2.20 bits per heavy atom. The van der Waals surface area contributed by atoms with Gasteiger partial charge in [0.05, 0.1) is 5.56 Å². The lowest BCUT2D eigenvalue weighted by molar-refractivity contribution is 0.581. The number of hydrogen-bond donors (Lipinski definition) is 2. The summed E-state index contributed by atoms with van der Waals surface area (Å²) >= 11 is 0. The molecule has 5 heteroatoms. The molecule has 0 atom stereocenters. The molecular weight excluding hydrogens is 200 g/mol. The zero-order valence-electron chi connectivity index (χ0n) is 8.43. The largest absolute Gasteiger partial charge is 0.308 e. The molecule has 1 rings (SSSR count). The lowest BCUT2D eigenvalue weighted by atomic mass is 10.2. The van der Waals surface area contributed by atoms with Crippen LogP contribution in [0.5, 0.6) is 0 Å². The van der Waals surface area contributed by atoms with Crippen molar-refractivity contribution in [2.24, 2.45) is 10.8 Å². The van der Waals surface area contributed by atoms with Crippen LogP contribution in [-0.4, -0.2) is 12.4 Å². The van der Waals surface area contributed by atoms with Gasteiger partial charge in [-0.25, -0.2) is 14.6 Å². The summed E-state index contributed by atoms with van der Waals surface area (Å²) in [6.45, 7) is 2.48. The molecule has 0 amide bonds. The minimum atomic E-state index is -0.678. The minimum absolute atomic E-state index is 0.173. The lowest BCUT2D eigenvalue weighted by Crippen LogP contribution is -2.32. The average molecular weight is 213 g/mol. The predicted molar refractivity (Wildman–Crippen MR) is 55.4 cm³/mol. The fraction of sp³-hybridized carbons (Fsp3) is 0.300. The Bertz CT molecular complexity index is 364. The van der Waals surface area contributed by atoms with Gasteiger partial charge in [-0.2, -0.15) is 0 Å². The van der Waals surface area contributed by atoms with E-state index in [9.17, 15) is 8.78 Å². The molecule has 0 saturated heterocycles. The highest BCUT2D eigenvalue weighted by Crippen LogP contribution is 2.09. The molecule has 0 aromatic heterocycles. The highest BCUT2D eigenvalue weighted by atomic mass is 19.1. The number of hydrazine groups is 1. The van der Waals surface area contributed by atoms with Crippen LogP contribution in [0.25, 0.3) is 0 Å². The average Bonchev–Trinajstić information content (AvgIpc) is 2.21. The van der Waals surface area contributed by atoms with E-state index >= 15 is 0 Å². The van der Waals surface area contributed by atoms with Gasteiger partial charge in [0.15, 0.2) is 0 Å². The maximum absolute atomic E-state index is 13.3. The van der Waals surface area contributed by atoms with E-state index in [4.69, 9.17) is 5.84 Å². The molecule has 0 radical (unpaired) electrons. The topological polar surface area (TPSA) is 50.4 Å². The summed E-state index contributed by atoms with van der Waals surface area (Å²) in [5.74, 6) is 4.14. The van der Waals surface area contributed by atoms with Gasteiger partial charge in [-0.15, -0.1) is 0 Å². The number of halogens is 2. The molecule has 0 aliphatic rings. The molecule has 0 heterocycles. The third-order valence-corrected chi connectivity index (χ3v) is 1.82. The van der Waals surface area contributed by atoms with Crippen LogP contribution >= 0.6 is 0 Å². The van der Waals surface area contributed by atoms with Crippen LogP contribution in [0.1, 0.15) is 18.9 Å². The van der Waals surface area contributed by atoms with Crippen LogP contribution in [0, 0.1) is 11.6 Å². The maximum atomic E-state index is 13.3. The fourth-order valence-electron chi connectivity index (χ4n) is 1.11.